The van der Waals surface area contributed by atoms with E-state index in [-0.39, 0.29) is 5.56 Å². The number of benzene rings is 1. The van der Waals surface area contributed by atoms with Gasteiger partial charge in [-0.1, -0.05) is 13.8 Å². The predicted octanol–water partition coefficient (Wildman–Crippen LogP) is 3.52. The normalized spacial score (nSPS) is 11.1. The molecule has 1 nitrogen and oxygen atoms in total. The van der Waals surface area contributed by atoms with Crippen LogP contribution in [0.1, 0.15) is 19.4 Å². The van der Waals surface area contributed by atoms with Gasteiger partial charge >= 0.3 is 0 Å². The Morgan fingerprint density at radius 3 is 2.62 bits per heavy atom. The van der Waals surface area contributed by atoms with Gasteiger partial charge in [-0.2, -0.15) is 0 Å². The molecule has 0 radical (unpaired) electrons. The number of halogens is 3. The molecular weight excluding hydrogens is 276 g/mol. The van der Waals surface area contributed by atoms with Crippen LogP contribution in [-0.4, -0.2) is 13.1 Å². The molecule has 0 aliphatic heterocycles. The maximum Gasteiger partial charge on any atom is 0.143 e. The van der Waals surface area contributed by atoms with Crippen molar-refractivity contribution in [2.24, 2.45) is 5.92 Å². The summed E-state index contributed by atoms with van der Waals surface area (Å²) >= 11 is 3.05. The molecule has 1 aromatic rings. The Kier molecular flexibility index (Phi) is 5.35. The Labute approximate surface area is 103 Å². The predicted molar refractivity (Wildman–Crippen MR) is 65.5 cm³/mol. The topological polar surface area (TPSA) is 12.0 Å². The Bertz CT molecular complexity index is 353. The summed E-state index contributed by atoms with van der Waals surface area (Å²) in [7, 11) is 0. The van der Waals surface area contributed by atoms with Gasteiger partial charge in [-0.05, 0) is 53.5 Å². The van der Waals surface area contributed by atoms with Gasteiger partial charge in [-0.25, -0.2) is 8.78 Å². The average molecular weight is 292 g/mol. The molecule has 0 aliphatic carbocycles. The van der Waals surface area contributed by atoms with Crippen molar-refractivity contribution in [3.8, 4) is 0 Å². The van der Waals surface area contributed by atoms with Crippen LogP contribution in [0.25, 0.3) is 0 Å². The third kappa shape index (κ3) is 3.83. The van der Waals surface area contributed by atoms with Crippen molar-refractivity contribution < 1.29 is 8.78 Å². The molecule has 0 amide bonds. The van der Waals surface area contributed by atoms with Crippen molar-refractivity contribution in [2.45, 2.75) is 20.3 Å². The van der Waals surface area contributed by atoms with Gasteiger partial charge in [0, 0.05) is 5.56 Å². The van der Waals surface area contributed by atoms with Crippen LogP contribution in [0, 0.1) is 17.6 Å². The lowest BCUT2D eigenvalue weighted by Crippen LogP contribution is -2.22. The molecule has 1 rings (SSSR count). The van der Waals surface area contributed by atoms with Crippen molar-refractivity contribution >= 4 is 15.9 Å². The van der Waals surface area contributed by atoms with Crippen LogP contribution in [-0.2, 0) is 6.42 Å². The van der Waals surface area contributed by atoms with E-state index in [4.69, 9.17) is 0 Å². The molecule has 4 heteroatoms. The van der Waals surface area contributed by atoms with E-state index in [2.05, 4.69) is 35.1 Å². The van der Waals surface area contributed by atoms with Crippen molar-refractivity contribution in [3.63, 3.8) is 0 Å². The summed E-state index contributed by atoms with van der Waals surface area (Å²) in [5.74, 6) is -0.435. The van der Waals surface area contributed by atoms with E-state index in [0.29, 0.717) is 23.4 Å². The van der Waals surface area contributed by atoms with Gasteiger partial charge in [0.2, 0.25) is 0 Å². The van der Waals surface area contributed by atoms with Crippen LogP contribution in [0.2, 0.25) is 0 Å². The zero-order valence-corrected chi connectivity index (χ0v) is 11.1. The van der Waals surface area contributed by atoms with Crippen LogP contribution in [0.3, 0.4) is 0 Å². The summed E-state index contributed by atoms with van der Waals surface area (Å²) in [4.78, 5) is 0. The van der Waals surface area contributed by atoms with E-state index in [1.165, 1.54) is 12.1 Å². The summed E-state index contributed by atoms with van der Waals surface area (Å²) in [5, 5.41) is 3.16. The van der Waals surface area contributed by atoms with Gasteiger partial charge in [0.05, 0.1) is 4.47 Å². The minimum Gasteiger partial charge on any atom is -0.316 e. The third-order valence-electron chi connectivity index (χ3n) is 2.24. The maximum absolute atomic E-state index is 13.5. The summed E-state index contributed by atoms with van der Waals surface area (Å²) in [5.41, 5.74) is 0.144. The van der Waals surface area contributed by atoms with Gasteiger partial charge < -0.3 is 5.32 Å². The first-order chi connectivity index (χ1) is 7.52. The van der Waals surface area contributed by atoms with Gasteiger partial charge in [-0.3, -0.25) is 0 Å². The second kappa shape index (κ2) is 6.30. The lowest BCUT2D eigenvalue weighted by Gasteiger charge is -2.09. The standard InChI is InChI=1S/C12H16BrF2N/c1-8(2)7-16-6-5-9-11(14)4-3-10(13)12(9)15/h3-4,8,16H,5-7H2,1-2H3. The lowest BCUT2D eigenvalue weighted by molar-refractivity contribution is 0.523. The molecule has 90 valence electrons. The van der Waals surface area contributed by atoms with Gasteiger partial charge in [0.1, 0.15) is 11.6 Å². The molecule has 0 bridgehead atoms. The first kappa shape index (κ1) is 13.6. The number of hydrogen-bond donors (Lipinski definition) is 1. The molecular formula is C12H16BrF2N. The minimum atomic E-state index is -0.494. The highest BCUT2D eigenvalue weighted by atomic mass is 79.9. The zero-order valence-electron chi connectivity index (χ0n) is 9.49. The van der Waals surface area contributed by atoms with Crippen molar-refractivity contribution in [1.82, 2.24) is 5.32 Å². The summed E-state index contributed by atoms with van der Waals surface area (Å²) in [6.45, 7) is 5.63. The van der Waals surface area contributed by atoms with E-state index >= 15 is 0 Å². The molecule has 0 fully saturated rings. The van der Waals surface area contributed by atoms with Crippen LogP contribution in [0.15, 0.2) is 16.6 Å². The third-order valence-corrected chi connectivity index (χ3v) is 2.86. The fourth-order valence-corrected chi connectivity index (χ4v) is 1.77. The minimum absolute atomic E-state index is 0.144. The highest BCUT2D eigenvalue weighted by molar-refractivity contribution is 9.10. The SMILES string of the molecule is CC(C)CNCCc1c(F)ccc(Br)c1F. The molecule has 0 aromatic heterocycles. The molecule has 0 saturated carbocycles. The molecule has 16 heavy (non-hydrogen) atoms. The first-order valence-electron chi connectivity index (χ1n) is 5.35. The van der Waals surface area contributed by atoms with E-state index in [1.54, 1.807) is 0 Å². The second-order valence-corrected chi connectivity index (χ2v) is 5.02. The molecule has 1 aromatic carbocycles. The van der Waals surface area contributed by atoms with Crippen molar-refractivity contribution in [2.75, 3.05) is 13.1 Å². The molecule has 0 aliphatic rings. The smallest absolute Gasteiger partial charge is 0.143 e. The molecule has 0 unspecified atom stereocenters. The monoisotopic (exact) mass is 291 g/mol. The van der Waals surface area contributed by atoms with Gasteiger partial charge in [-0.15, -0.1) is 0 Å². The van der Waals surface area contributed by atoms with Crippen LogP contribution < -0.4 is 5.32 Å². The van der Waals surface area contributed by atoms with Gasteiger partial charge in [0.15, 0.2) is 0 Å². The Morgan fingerprint density at radius 2 is 2.00 bits per heavy atom. The Balaban J connectivity index is 2.56. The van der Waals surface area contributed by atoms with Crippen molar-refractivity contribution in [3.05, 3.63) is 33.8 Å². The largest absolute Gasteiger partial charge is 0.316 e. The molecule has 0 spiro atoms. The highest BCUT2D eigenvalue weighted by Gasteiger charge is 2.11. The quantitative estimate of drug-likeness (QED) is 0.647. The summed E-state index contributed by atoms with van der Waals surface area (Å²) in [6.07, 6.45) is 0.365. The first-order valence-corrected chi connectivity index (χ1v) is 6.14. The second-order valence-electron chi connectivity index (χ2n) is 4.17. The van der Waals surface area contributed by atoms with Crippen LogP contribution in [0.4, 0.5) is 8.78 Å². The highest BCUT2D eigenvalue weighted by Crippen LogP contribution is 2.21. The van der Waals surface area contributed by atoms with E-state index in [9.17, 15) is 8.78 Å². The molecule has 1 N–H and O–H groups in total. The van der Waals surface area contributed by atoms with E-state index < -0.39 is 11.6 Å². The number of nitrogens with one attached hydrogen (secondary N) is 1. The van der Waals surface area contributed by atoms with E-state index in [0.717, 1.165) is 6.54 Å². The fourth-order valence-electron chi connectivity index (χ4n) is 1.40. The lowest BCUT2D eigenvalue weighted by atomic mass is 10.1. The fraction of sp³-hybridized carbons (Fsp3) is 0.500. The van der Waals surface area contributed by atoms with E-state index in [1.807, 2.05) is 0 Å². The molecule has 0 heterocycles. The Morgan fingerprint density at radius 1 is 1.31 bits per heavy atom. The average Bonchev–Trinajstić information content (AvgIpc) is 2.22. The zero-order chi connectivity index (χ0) is 12.1. The van der Waals surface area contributed by atoms with Crippen LogP contribution in [0.5, 0.6) is 0 Å². The molecule has 0 saturated heterocycles. The van der Waals surface area contributed by atoms with Gasteiger partial charge in [0.25, 0.3) is 0 Å². The molecule has 0 atom stereocenters. The number of rotatable bonds is 5. The summed E-state index contributed by atoms with van der Waals surface area (Å²) in [6, 6.07) is 2.67. The van der Waals surface area contributed by atoms with Crippen molar-refractivity contribution in [1.29, 1.82) is 0 Å². The maximum atomic E-state index is 13.5. The Hall–Kier alpha value is -0.480. The summed E-state index contributed by atoms with van der Waals surface area (Å²) < 4.78 is 27.2. The number of hydrogen-bond acceptors (Lipinski definition) is 1. The van der Waals surface area contributed by atoms with Crippen LogP contribution >= 0.6 is 15.9 Å².